The second-order valence-corrected chi connectivity index (χ2v) is 6.63. The highest BCUT2D eigenvalue weighted by Gasteiger charge is 2.34. The molecule has 1 heterocycles. The molecular weight excluding hydrogens is 248 g/mol. The van der Waals surface area contributed by atoms with Gasteiger partial charge in [0.1, 0.15) is 0 Å². The number of hydrogen-bond donors (Lipinski definition) is 1. The summed E-state index contributed by atoms with van der Waals surface area (Å²) in [4.78, 5) is 2.43. The predicted octanol–water partition coefficient (Wildman–Crippen LogP) is 2.64. The molecule has 4 nitrogen and oxygen atoms in total. The lowest BCUT2D eigenvalue weighted by molar-refractivity contribution is 0.0958. The smallest absolute Gasteiger partial charge is 0.0641 e. The fraction of sp³-hybridized carbons (Fsp3) is 0.812. The van der Waals surface area contributed by atoms with Crippen LogP contribution in [0.5, 0.6) is 0 Å². The van der Waals surface area contributed by atoms with E-state index in [1.54, 1.807) is 0 Å². The Morgan fingerprint density at radius 1 is 1.35 bits per heavy atom. The Bertz CT molecular complexity index is 430. The lowest BCUT2D eigenvalue weighted by Crippen LogP contribution is -2.53. The second kappa shape index (κ2) is 6.27. The number of nitrogens with zero attached hydrogens (tertiary/aromatic N) is 3. The topological polar surface area (TPSA) is 33.1 Å². The Balaban J connectivity index is 2.00. The lowest BCUT2D eigenvalue weighted by atomic mass is 9.80. The maximum absolute atomic E-state index is 4.45. The molecule has 1 aliphatic carbocycles. The Morgan fingerprint density at radius 3 is 2.50 bits per heavy atom. The quantitative estimate of drug-likeness (QED) is 0.899. The normalized spacial score (nSPS) is 20.3. The summed E-state index contributed by atoms with van der Waals surface area (Å²) in [6.45, 7) is 5.40. The van der Waals surface area contributed by atoms with Crippen molar-refractivity contribution in [2.24, 2.45) is 7.05 Å². The third kappa shape index (κ3) is 3.23. The highest BCUT2D eigenvalue weighted by atomic mass is 15.3. The van der Waals surface area contributed by atoms with Crippen molar-refractivity contribution >= 4 is 0 Å². The van der Waals surface area contributed by atoms with E-state index in [0.717, 1.165) is 12.2 Å². The summed E-state index contributed by atoms with van der Waals surface area (Å²) in [5.74, 6) is 0. The molecule has 114 valence electrons. The van der Waals surface area contributed by atoms with Crippen molar-refractivity contribution < 1.29 is 0 Å². The van der Waals surface area contributed by atoms with Gasteiger partial charge in [-0.3, -0.25) is 4.68 Å². The summed E-state index contributed by atoms with van der Waals surface area (Å²) >= 11 is 0. The molecule has 1 aromatic heterocycles. The Kier molecular flexibility index (Phi) is 4.86. The fourth-order valence-electron chi connectivity index (χ4n) is 3.49. The van der Waals surface area contributed by atoms with Gasteiger partial charge in [0.25, 0.3) is 0 Å². The molecule has 0 aromatic carbocycles. The van der Waals surface area contributed by atoms with Crippen LogP contribution < -0.4 is 5.32 Å². The zero-order valence-corrected chi connectivity index (χ0v) is 13.7. The van der Waals surface area contributed by atoms with Crippen molar-refractivity contribution in [1.82, 2.24) is 20.0 Å². The second-order valence-electron chi connectivity index (χ2n) is 6.63. The molecule has 0 bridgehead atoms. The van der Waals surface area contributed by atoms with Gasteiger partial charge in [0.15, 0.2) is 0 Å². The number of aryl methyl sites for hydroxylation is 2. The average Bonchev–Trinajstić information content (AvgIpc) is 2.76. The van der Waals surface area contributed by atoms with Gasteiger partial charge in [0, 0.05) is 36.9 Å². The molecule has 0 aliphatic heterocycles. The molecule has 1 aliphatic rings. The van der Waals surface area contributed by atoms with Gasteiger partial charge in [-0.25, -0.2) is 0 Å². The van der Waals surface area contributed by atoms with Crippen LogP contribution in [0.1, 0.15) is 56.3 Å². The molecule has 1 fully saturated rings. The zero-order valence-electron chi connectivity index (χ0n) is 13.7. The van der Waals surface area contributed by atoms with Crippen molar-refractivity contribution in [2.75, 3.05) is 20.6 Å². The van der Waals surface area contributed by atoms with Crippen LogP contribution in [0.2, 0.25) is 0 Å². The summed E-state index contributed by atoms with van der Waals surface area (Å²) in [5.41, 5.74) is 2.79. The number of nitrogens with one attached hydrogen (secondary N) is 1. The largest absolute Gasteiger partial charge is 0.308 e. The van der Waals surface area contributed by atoms with Crippen LogP contribution in [0.25, 0.3) is 0 Å². The molecule has 1 atom stereocenters. The van der Waals surface area contributed by atoms with Gasteiger partial charge < -0.3 is 10.2 Å². The molecule has 1 N–H and O–H groups in total. The molecule has 20 heavy (non-hydrogen) atoms. The average molecular weight is 278 g/mol. The van der Waals surface area contributed by atoms with E-state index in [0.29, 0.717) is 11.6 Å². The summed E-state index contributed by atoms with van der Waals surface area (Å²) in [5, 5.41) is 8.20. The maximum atomic E-state index is 4.45. The van der Waals surface area contributed by atoms with Gasteiger partial charge in [0.2, 0.25) is 0 Å². The molecule has 1 aromatic rings. The number of likely N-dealkylation sites (N-methyl/N-ethyl adjacent to an activating group) is 1. The first kappa shape index (κ1) is 15.5. The highest BCUT2D eigenvalue weighted by Crippen LogP contribution is 2.32. The number of rotatable bonds is 5. The van der Waals surface area contributed by atoms with E-state index >= 15 is 0 Å². The third-order valence-electron chi connectivity index (χ3n) is 4.99. The molecule has 0 spiro atoms. The zero-order chi connectivity index (χ0) is 14.8. The maximum Gasteiger partial charge on any atom is 0.0641 e. The van der Waals surface area contributed by atoms with Crippen LogP contribution >= 0.6 is 0 Å². The summed E-state index contributed by atoms with van der Waals surface area (Å²) in [6.07, 6.45) is 8.88. The molecule has 2 rings (SSSR count). The van der Waals surface area contributed by atoms with Gasteiger partial charge in [-0.05, 0) is 40.8 Å². The molecule has 0 amide bonds. The van der Waals surface area contributed by atoms with Crippen LogP contribution in [0, 0.1) is 6.92 Å². The van der Waals surface area contributed by atoms with Crippen LogP contribution in [-0.4, -0.2) is 40.9 Å². The monoisotopic (exact) mass is 278 g/mol. The van der Waals surface area contributed by atoms with E-state index in [1.165, 1.54) is 37.7 Å². The SMILES string of the molecule is Cc1nn(C)cc1C(C)NCC1(N(C)C)CCCCC1. The summed E-state index contributed by atoms with van der Waals surface area (Å²) in [6, 6.07) is 0.363. The molecule has 0 radical (unpaired) electrons. The van der Waals surface area contributed by atoms with Gasteiger partial charge in [-0.15, -0.1) is 0 Å². The van der Waals surface area contributed by atoms with Crippen molar-refractivity contribution in [2.45, 2.75) is 57.5 Å². The van der Waals surface area contributed by atoms with Gasteiger partial charge in [-0.1, -0.05) is 19.3 Å². The van der Waals surface area contributed by atoms with E-state index in [-0.39, 0.29) is 0 Å². The Hall–Kier alpha value is -0.870. The van der Waals surface area contributed by atoms with Crippen molar-refractivity contribution in [3.05, 3.63) is 17.5 Å². The molecule has 4 heteroatoms. The van der Waals surface area contributed by atoms with Crippen LogP contribution in [-0.2, 0) is 7.05 Å². The van der Waals surface area contributed by atoms with E-state index in [9.17, 15) is 0 Å². The van der Waals surface area contributed by atoms with Crippen LogP contribution in [0.4, 0.5) is 0 Å². The molecule has 1 saturated carbocycles. The minimum absolute atomic E-state index is 0.336. The fourth-order valence-corrected chi connectivity index (χ4v) is 3.49. The highest BCUT2D eigenvalue weighted by molar-refractivity contribution is 5.19. The number of hydrogen-bond acceptors (Lipinski definition) is 3. The van der Waals surface area contributed by atoms with Crippen molar-refractivity contribution in [1.29, 1.82) is 0 Å². The Morgan fingerprint density at radius 2 is 2.00 bits per heavy atom. The summed E-state index contributed by atoms with van der Waals surface area (Å²) < 4.78 is 1.91. The molecular formula is C16H30N4. The third-order valence-corrected chi connectivity index (χ3v) is 4.99. The first-order valence-corrected chi connectivity index (χ1v) is 7.85. The van der Waals surface area contributed by atoms with Crippen molar-refractivity contribution in [3.63, 3.8) is 0 Å². The predicted molar refractivity (Wildman–Crippen MR) is 83.9 cm³/mol. The molecule has 0 saturated heterocycles. The van der Waals surface area contributed by atoms with Crippen LogP contribution in [0.15, 0.2) is 6.20 Å². The minimum atomic E-state index is 0.336. The Labute approximate surface area is 123 Å². The van der Waals surface area contributed by atoms with Gasteiger partial charge in [-0.2, -0.15) is 5.10 Å². The molecule has 1 unspecified atom stereocenters. The van der Waals surface area contributed by atoms with E-state index in [1.807, 2.05) is 11.7 Å². The van der Waals surface area contributed by atoms with Crippen LogP contribution in [0.3, 0.4) is 0 Å². The number of aromatic nitrogens is 2. The van der Waals surface area contributed by atoms with Crippen molar-refractivity contribution in [3.8, 4) is 0 Å². The first-order valence-electron chi connectivity index (χ1n) is 7.85. The van der Waals surface area contributed by atoms with Gasteiger partial charge in [0.05, 0.1) is 5.69 Å². The lowest BCUT2D eigenvalue weighted by Gasteiger charge is -2.44. The summed E-state index contributed by atoms with van der Waals surface area (Å²) in [7, 11) is 6.45. The minimum Gasteiger partial charge on any atom is -0.308 e. The van der Waals surface area contributed by atoms with E-state index in [4.69, 9.17) is 0 Å². The first-order chi connectivity index (χ1) is 9.44. The van der Waals surface area contributed by atoms with E-state index in [2.05, 4.69) is 49.5 Å². The van der Waals surface area contributed by atoms with Gasteiger partial charge >= 0.3 is 0 Å². The standard InChI is InChI=1S/C16H30N4/c1-13(15-11-20(5)18-14(15)2)17-12-16(19(3)4)9-7-6-8-10-16/h11,13,17H,6-10,12H2,1-5H3. The van der Waals surface area contributed by atoms with E-state index < -0.39 is 0 Å².